The zero-order valence-electron chi connectivity index (χ0n) is 19.6. The second-order valence-electron chi connectivity index (χ2n) is 8.88. The first kappa shape index (κ1) is 23.6. The Morgan fingerprint density at radius 1 is 1.19 bits per heavy atom. The van der Waals surface area contributed by atoms with Crippen LogP contribution in [-0.2, 0) is 6.42 Å². The third kappa shape index (κ3) is 5.80. The lowest BCUT2D eigenvalue weighted by molar-refractivity contribution is 0.0982. The van der Waals surface area contributed by atoms with Gasteiger partial charge in [0.25, 0.3) is 0 Å². The van der Waals surface area contributed by atoms with Gasteiger partial charge in [-0.3, -0.25) is 9.89 Å². The Morgan fingerprint density at radius 3 is 2.56 bits per heavy atom. The van der Waals surface area contributed by atoms with Crippen LogP contribution in [0.15, 0.2) is 35.3 Å². The number of nitrogens with one attached hydrogen (secondary N) is 2. The van der Waals surface area contributed by atoms with E-state index in [0.717, 1.165) is 36.9 Å². The number of nitrogens with zero attached hydrogens (tertiary/aromatic N) is 5. The topological polar surface area (TPSA) is 107 Å². The van der Waals surface area contributed by atoms with Crippen molar-refractivity contribution in [1.82, 2.24) is 25.3 Å². The van der Waals surface area contributed by atoms with Gasteiger partial charge in [0.2, 0.25) is 0 Å². The number of hydrogen-bond donors (Lipinski definition) is 3. The Hall–Kier alpha value is -3.05. The highest BCUT2D eigenvalue weighted by Gasteiger charge is 2.27. The van der Waals surface area contributed by atoms with E-state index >= 15 is 0 Å². The summed E-state index contributed by atoms with van der Waals surface area (Å²) in [7, 11) is 1.79. The first-order chi connectivity index (χ1) is 15.5. The number of anilines is 1. The SMILES string of the molecule is CN=C(NCCCc1nn(-c2ccccc2)c(N)c1C#N)NCC(C)(C)N1CCCCC1. The fourth-order valence-corrected chi connectivity index (χ4v) is 4.14. The number of guanidine groups is 1. The van der Waals surface area contributed by atoms with Crippen molar-refractivity contribution in [1.29, 1.82) is 5.26 Å². The molecule has 1 aliphatic rings. The molecule has 0 saturated carbocycles. The molecule has 8 nitrogen and oxygen atoms in total. The van der Waals surface area contributed by atoms with Gasteiger partial charge < -0.3 is 16.4 Å². The third-order valence-electron chi connectivity index (χ3n) is 6.11. The van der Waals surface area contributed by atoms with E-state index in [9.17, 15) is 5.26 Å². The average molecular weight is 437 g/mol. The minimum atomic E-state index is 0.0849. The van der Waals surface area contributed by atoms with Crippen LogP contribution in [0.1, 0.15) is 50.8 Å². The van der Waals surface area contributed by atoms with Gasteiger partial charge in [0.1, 0.15) is 17.5 Å². The van der Waals surface area contributed by atoms with Crippen molar-refractivity contribution in [2.24, 2.45) is 4.99 Å². The molecule has 172 valence electrons. The van der Waals surface area contributed by atoms with Crippen LogP contribution in [0.5, 0.6) is 0 Å². The van der Waals surface area contributed by atoms with Gasteiger partial charge in [-0.2, -0.15) is 10.4 Å². The Morgan fingerprint density at radius 2 is 1.91 bits per heavy atom. The van der Waals surface area contributed by atoms with E-state index in [2.05, 4.69) is 45.5 Å². The number of aromatic nitrogens is 2. The number of aryl methyl sites for hydroxylation is 1. The van der Waals surface area contributed by atoms with Crippen LogP contribution in [-0.4, -0.2) is 59.4 Å². The average Bonchev–Trinajstić information content (AvgIpc) is 3.14. The number of hydrogen-bond acceptors (Lipinski definition) is 5. The summed E-state index contributed by atoms with van der Waals surface area (Å²) in [5.41, 5.74) is 8.31. The molecular weight excluding hydrogens is 400 g/mol. The Bertz CT molecular complexity index is 933. The molecule has 0 spiro atoms. The fourth-order valence-electron chi connectivity index (χ4n) is 4.14. The molecule has 0 radical (unpaired) electrons. The number of aliphatic imine (C=N–C) groups is 1. The van der Waals surface area contributed by atoms with E-state index in [0.29, 0.717) is 17.8 Å². The molecule has 1 aromatic carbocycles. The lowest BCUT2D eigenvalue weighted by atomic mass is 9.98. The minimum absolute atomic E-state index is 0.0849. The van der Waals surface area contributed by atoms with Crippen molar-refractivity contribution in [3.05, 3.63) is 41.6 Å². The van der Waals surface area contributed by atoms with Crippen molar-refractivity contribution in [2.45, 2.75) is 51.5 Å². The van der Waals surface area contributed by atoms with Crippen LogP contribution in [0.25, 0.3) is 5.69 Å². The van der Waals surface area contributed by atoms with E-state index in [-0.39, 0.29) is 5.54 Å². The van der Waals surface area contributed by atoms with E-state index < -0.39 is 0 Å². The van der Waals surface area contributed by atoms with Crippen molar-refractivity contribution in [3.63, 3.8) is 0 Å². The molecule has 0 bridgehead atoms. The van der Waals surface area contributed by atoms with Crippen LogP contribution < -0.4 is 16.4 Å². The second kappa shape index (κ2) is 11.0. The molecule has 1 aromatic heterocycles. The smallest absolute Gasteiger partial charge is 0.191 e. The summed E-state index contributed by atoms with van der Waals surface area (Å²) in [6, 6.07) is 11.9. The number of benzene rings is 1. The number of para-hydroxylation sites is 1. The molecule has 1 saturated heterocycles. The zero-order chi connectivity index (χ0) is 23.0. The minimum Gasteiger partial charge on any atom is -0.382 e. The predicted octanol–water partition coefficient (Wildman–Crippen LogP) is 2.69. The van der Waals surface area contributed by atoms with Crippen molar-refractivity contribution in [2.75, 3.05) is 39.0 Å². The Labute approximate surface area is 191 Å². The number of nitrogens with two attached hydrogens (primary N) is 1. The lowest BCUT2D eigenvalue weighted by Gasteiger charge is -2.41. The number of nitrogen functional groups attached to an aromatic ring is 1. The Kier molecular flexibility index (Phi) is 8.12. The monoisotopic (exact) mass is 436 g/mol. The molecule has 0 atom stereocenters. The summed E-state index contributed by atoms with van der Waals surface area (Å²) in [5.74, 6) is 1.18. The van der Waals surface area contributed by atoms with Gasteiger partial charge in [0.05, 0.1) is 11.4 Å². The normalized spacial score (nSPS) is 15.4. The molecule has 0 unspecified atom stereocenters. The molecule has 3 rings (SSSR count). The van der Waals surface area contributed by atoms with Gasteiger partial charge in [-0.05, 0) is 64.8 Å². The summed E-state index contributed by atoms with van der Waals surface area (Å²) in [5, 5.41) is 21.0. The van der Waals surface area contributed by atoms with Crippen LogP contribution >= 0.6 is 0 Å². The lowest BCUT2D eigenvalue weighted by Crippen LogP contribution is -2.54. The summed E-state index contributed by atoms with van der Waals surface area (Å²) in [6.45, 7) is 8.47. The highest BCUT2D eigenvalue weighted by molar-refractivity contribution is 5.79. The molecule has 0 amide bonds. The summed E-state index contributed by atoms with van der Waals surface area (Å²) in [6.07, 6.45) is 5.38. The maximum atomic E-state index is 9.56. The summed E-state index contributed by atoms with van der Waals surface area (Å²) >= 11 is 0. The molecule has 4 N–H and O–H groups in total. The number of likely N-dealkylation sites (tertiary alicyclic amines) is 1. The molecule has 8 heteroatoms. The zero-order valence-corrected chi connectivity index (χ0v) is 19.6. The first-order valence-corrected chi connectivity index (χ1v) is 11.5. The second-order valence-corrected chi connectivity index (χ2v) is 8.88. The van der Waals surface area contributed by atoms with Crippen molar-refractivity contribution >= 4 is 11.8 Å². The third-order valence-corrected chi connectivity index (χ3v) is 6.11. The molecular formula is C24H36N8. The Balaban J connectivity index is 1.50. The van der Waals surface area contributed by atoms with Gasteiger partial charge in [0, 0.05) is 25.7 Å². The predicted molar refractivity (Wildman–Crippen MR) is 130 cm³/mol. The van der Waals surface area contributed by atoms with Gasteiger partial charge in [-0.15, -0.1) is 0 Å². The van der Waals surface area contributed by atoms with E-state index in [1.165, 1.54) is 32.4 Å². The molecule has 2 aromatic rings. The first-order valence-electron chi connectivity index (χ1n) is 11.5. The van der Waals surface area contributed by atoms with Gasteiger partial charge >= 0.3 is 0 Å². The van der Waals surface area contributed by atoms with Crippen LogP contribution in [0.3, 0.4) is 0 Å². The maximum Gasteiger partial charge on any atom is 0.191 e. The quantitative estimate of drug-likeness (QED) is 0.334. The highest BCUT2D eigenvalue weighted by atomic mass is 15.3. The van der Waals surface area contributed by atoms with Gasteiger partial charge in [-0.1, -0.05) is 24.6 Å². The van der Waals surface area contributed by atoms with Crippen LogP contribution in [0.4, 0.5) is 5.82 Å². The number of piperidine rings is 1. The highest BCUT2D eigenvalue weighted by Crippen LogP contribution is 2.21. The largest absolute Gasteiger partial charge is 0.382 e. The van der Waals surface area contributed by atoms with Crippen molar-refractivity contribution < 1.29 is 0 Å². The van der Waals surface area contributed by atoms with Crippen molar-refractivity contribution in [3.8, 4) is 11.8 Å². The van der Waals surface area contributed by atoms with E-state index in [1.807, 2.05) is 30.3 Å². The van der Waals surface area contributed by atoms with Gasteiger partial charge in [-0.25, -0.2) is 4.68 Å². The number of nitriles is 1. The summed E-state index contributed by atoms with van der Waals surface area (Å²) in [4.78, 5) is 6.92. The summed E-state index contributed by atoms with van der Waals surface area (Å²) < 4.78 is 1.64. The fraction of sp³-hybridized carbons (Fsp3) is 0.542. The van der Waals surface area contributed by atoms with E-state index in [4.69, 9.17) is 5.73 Å². The molecule has 0 aliphatic carbocycles. The van der Waals surface area contributed by atoms with Gasteiger partial charge in [0.15, 0.2) is 5.96 Å². The number of rotatable bonds is 8. The molecule has 1 aliphatic heterocycles. The van der Waals surface area contributed by atoms with E-state index in [1.54, 1.807) is 11.7 Å². The molecule has 2 heterocycles. The molecule has 1 fully saturated rings. The standard InChI is InChI=1S/C24H36N8/c1-24(2,31-15-8-5-9-16-31)18-29-23(27-3)28-14-10-13-21-20(17-25)22(26)32(30-21)19-11-6-4-7-12-19/h4,6-7,11-12H,5,8-10,13-16,18,26H2,1-3H3,(H2,27,28,29). The van der Waals surface area contributed by atoms with Crippen LogP contribution in [0, 0.1) is 11.3 Å². The maximum absolute atomic E-state index is 9.56. The van der Waals surface area contributed by atoms with Crippen LogP contribution in [0.2, 0.25) is 0 Å². The molecule has 32 heavy (non-hydrogen) atoms.